The van der Waals surface area contributed by atoms with Gasteiger partial charge < -0.3 is 5.32 Å². The Morgan fingerprint density at radius 3 is 2.93 bits per heavy atom. The molecule has 0 saturated heterocycles. The Morgan fingerprint density at radius 2 is 2.21 bits per heavy atom. The largest absolute Gasteiger partial charge is 0.381 e. The van der Waals surface area contributed by atoms with E-state index < -0.39 is 0 Å². The Kier molecular flexibility index (Phi) is 2.64. The van der Waals surface area contributed by atoms with Crippen molar-refractivity contribution in [3.63, 3.8) is 0 Å². The molecule has 0 bridgehead atoms. The monoisotopic (exact) mass is 187 g/mol. The van der Waals surface area contributed by atoms with E-state index in [1.54, 1.807) is 12.4 Å². The van der Waals surface area contributed by atoms with Crippen LogP contribution in [0, 0.1) is 11.3 Å². The molecule has 1 aliphatic carbocycles. The SMILES string of the molecule is N#Cc1cnccc1NC1CCCC1. The van der Waals surface area contributed by atoms with Crippen molar-refractivity contribution in [1.29, 1.82) is 5.26 Å². The zero-order chi connectivity index (χ0) is 9.80. The van der Waals surface area contributed by atoms with E-state index in [1.165, 1.54) is 25.7 Å². The van der Waals surface area contributed by atoms with Crippen LogP contribution in [0.5, 0.6) is 0 Å². The number of nitrogens with zero attached hydrogens (tertiary/aromatic N) is 2. The van der Waals surface area contributed by atoms with Crippen molar-refractivity contribution in [2.75, 3.05) is 5.32 Å². The molecule has 1 aromatic rings. The fourth-order valence-corrected chi connectivity index (χ4v) is 1.90. The summed E-state index contributed by atoms with van der Waals surface area (Å²) in [6.07, 6.45) is 8.35. The quantitative estimate of drug-likeness (QED) is 0.772. The smallest absolute Gasteiger partial charge is 0.103 e. The van der Waals surface area contributed by atoms with Gasteiger partial charge in [-0.05, 0) is 18.9 Å². The highest BCUT2D eigenvalue weighted by molar-refractivity contribution is 5.56. The van der Waals surface area contributed by atoms with E-state index in [0.29, 0.717) is 11.6 Å². The number of hydrogen-bond donors (Lipinski definition) is 1. The van der Waals surface area contributed by atoms with E-state index in [9.17, 15) is 0 Å². The molecule has 0 aromatic carbocycles. The Hall–Kier alpha value is -1.56. The van der Waals surface area contributed by atoms with Gasteiger partial charge in [0.05, 0.1) is 11.3 Å². The highest BCUT2D eigenvalue weighted by Crippen LogP contribution is 2.23. The lowest BCUT2D eigenvalue weighted by Gasteiger charge is -2.13. The number of anilines is 1. The molecule has 0 unspecified atom stereocenters. The van der Waals surface area contributed by atoms with Gasteiger partial charge in [-0.15, -0.1) is 0 Å². The van der Waals surface area contributed by atoms with Crippen LogP contribution in [0.25, 0.3) is 0 Å². The molecule has 0 radical (unpaired) electrons. The van der Waals surface area contributed by atoms with Crippen molar-refractivity contribution in [2.24, 2.45) is 0 Å². The van der Waals surface area contributed by atoms with Crippen molar-refractivity contribution < 1.29 is 0 Å². The van der Waals surface area contributed by atoms with E-state index in [-0.39, 0.29) is 0 Å². The van der Waals surface area contributed by atoms with Crippen LogP contribution >= 0.6 is 0 Å². The number of rotatable bonds is 2. The maximum Gasteiger partial charge on any atom is 0.103 e. The average Bonchev–Trinajstić information content (AvgIpc) is 2.71. The van der Waals surface area contributed by atoms with Crippen molar-refractivity contribution in [1.82, 2.24) is 4.98 Å². The standard InChI is InChI=1S/C11H13N3/c12-7-9-8-13-6-5-11(9)14-10-3-1-2-4-10/h5-6,8,10H,1-4H2,(H,13,14). The van der Waals surface area contributed by atoms with E-state index in [2.05, 4.69) is 16.4 Å². The molecular weight excluding hydrogens is 174 g/mol. The van der Waals surface area contributed by atoms with Crippen LogP contribution in [0.4, 0.5) is 5.69 Å². The van der Waals surface area contributed by atoms with E-state index >= 15 is 0 Å². The molecule has 14 heavy (non-hydrogen) atoms. The van der Waals surface area contributed by atoms with Gasteiger partial charge in [-0.1, -0.05) is 12.8 Å². The maximum absolute atomic E-state index is 8.86. The lowest BCUT2D eigenvalue weighted by Crippen LogP contribution is -2.15. The van der Waals surface area contributed by atoms with Gasteiger partial charge in [0.15, 0.2) is 0 Å². The van der Waals surface area contributed by atoms with Crippen LogP contribution < -0.4 is 5.32 Å². The Balaban J connectivity index is 2.11. The van der Waals surface area contributed by atoms with Crippen LogP contribution in [0.2, 0.25) is 0 Å². The predicted molar refractivity (Wildman–Crippen MR) is 54.8 cm³/mol. The normalized spacial score (nSPS) is 16.5. The number of nitriles is 1. The summed E-state index contributed by atoms with van der Waals surface area (Å²) in [5, 5.41) is 12.3. The molecule has 1 N–H and O–H groups in total. The highest BCUT2D eigenvalue weighted by Gasteiger charge is 2.15. The molecule has 0 amide bonds. The topological polar surface area (TPSA) is 48.7 Å². The summed E-state index contributed by atoms with van der Waals surface area (Å²) in [5.74, 6) is 0. The zero-order valence-electron chi connectivity index (χ0n) is 8.03. The lowest BCUT2D eigenvalue weighted by molar-refractivity contribution is 0.755. The molecule has 1 aromatic heterocycles. The fourth-order valence-electron chi connectivity index (χ4n) is 1.90. The molecule has 1 aliphatic rings. The fraction of sp³-hybridized carbons (Fsp3) is 0.455. The van der Waals surface area contributed by atoms with Gasteiger partial charge >= 0.3 is 0 Å². The summed E-state index contributed by atoms with van der Waals surface area (Å²) in [5.41, 5.74) is 1.56. The Labute approximate surface area is 83.8 Å². The number of pyridine rings is 1. The predicted octanol–water partition coefficient (Wildman–Crippen LogP) is 2.31. The average molecular weight is 187 g/mol. The molecule has 0 aliphatic heterocycles. The molecular formula is C11H13N3. The third kappa shape index (κ3) is 1.85. The van der Waals surface area contributed by atoms with Gasteiger partial charge in [-0.2, -0.15) is 5.26 Å². The summed E-state index contributed by atoms with van der Waals surface area (Å²) in [7, 11) is 0. The first kappa shape index (κ1) is 9.01. The number of nitrogens with one attached hydrogen (secondary N) is 1. The molecule has 2 rings (SSSR count). The molecule has 72 valence electrons. The summed E-state index contributed by atoms with van der Waals surface area (Å²) >= 11 is 0. The Morgan fingerprint density at radius 1 is 1.43 bits per heavy atom. The van der Waals surface area contributed by atoms with Gasteiger partial charge in [-0.3, -0.25) is 4.98 Å². The Bertz CT molecular complexity index is 348. The molecule has 0 atom stereocenters. The van der Waals surface area contributed by atoms with Gasteiger partial charge in [0, 0.05) is 18.4 Å². The first-order valence-electron chi connectivity index (χ1n) is 5.01. The van der Waals surface area contributed by atoms with Crippen LogP contribution in [0.1, 0.15) is 31.2 Å². The summed E-state index contributed by atoms with van der Waals surface area (Å²) in [6, 6.07) is 4.56. The zero-order valence-corrected chi connectivity index (χ0v) is 8.03. The molecule has 1 fully saturated rings. The summed E-state index contributed by atoms with van der Waals surface area (Å²) in [6.45, 7) is 0. The van der Waals surface area contributed by atoms with Gasteiger partial charge in [0.1, 0.15) is 6.07 Å². The number of aromatic nitrogens is 1. The van der Waals surface area contributed by atoms with Crippen molar-refractivity contribution >= 4 is 5.69 Å². The second kappa shape index (κ2) is 4.10. The van der Waals surface area contributed by atoms with E-state index in [0.717, 1.165) is 5.69 Å². The van der Waals surface area contributed by atoms with Crippen LogP contribution in [-0.4, -0.2) is 11.0 Å². The van der Waals surface area contributed by atoms with Gasteiger partial charge in [0.2, 0.25) is 0 Å². The minimum Gasteiger partial charge on any atom is -0.381 e. The molecule has 1 heterocycles. The third-order valence-electron chi connectivity index (χ3n) is 2.66. The van der Waals surface area contributed by atoms with Crippen molar-refractivity contribution in [2.45, 2.75) is 31.7 Å². The van der Waals surface area contributed by atoms with Crippen LogP contribution in [0.15, 0.2) is 18.5 Å². The molecule has 0 spiro atoms. The molecule has 3 nitrogen and oxygen atoms in total. The van der Waals surface area contributed by atoms with Crippen LogP contribution in [-0.2, 0) is 0 Å². The summed E-state index contributed by atoms with van der Waals surface area (Å²) < 4.78 is 0. The molecule has 1 saturated carbocycles. The lowest BCUT2D eigenvalue weighted by atomic mass is 10.2. The van der Waals surface area contributed by atoms with Crippen molar-refractivity contribution in [3.8, 4) is 6.07 Å². The van der Waals surface area contributed by atoms with Crippen molar-refractivity contribution in [3.05, 3.63) is 24.0 Å². The first-order valence-corrected chi connectivity index (χ1v) is 5.01. The van der Waals surface area contributed by atoms with Gasteiger partial charge in [-0.25, -0.2) is 0 Å². The second-order valence-corrected chi connectivity index (χ2v) is 3.66. The first-order chi connectivity index (χ1) is 6.90. The second-order valence-electron chi connectivity index (χ2n) is 3.66. The maximum atomic E-state index is 8.86. The summed E-state index contributed by atoms with van der Waals surface area (Å²) in [4.78, 5) is 3.93. The number of hydrogen-bond acceptors (Lipinski definition) is 3. The van der Waals surface area contributed by atoms with Gasteiger partial charge in [0.25, 0.3) is 0 Å². The minimum absolute atomic E-state index is 0.546. The van der Waals surface area contributed by atoms with Crippen LogP contribution in [0.3, 0.4) is 0 Å². The third-order valence-corrected chi connectivity index (χ3v) is 2.66. The highest BCUT2D eigenvalue weighted by atomic mass is 14.9. The molecule has 3 heteroatoms. The van der Waals surface area contributed by atoms with E-state index in [1.807, 2.05) is 6.07 Å². The minimum atomic E-state index is 0.546. The van der Waals surface area contributed by atoms with E-state index in [4.69, 9.17) is 5.26 Å².